The van der Waals surface area contributed by atoms with Crippen molar-refractivity contribution < 1.29 is 31.1 Å². The van der Waals surface area contributed by atoms with E-state index < -0.39 is 35.0 Å². The largest absolute Gasteiger partial charge is 0.451 e. The summed E-state index contributed by atoms with van der Waals surface area (Å²) in [5.74, 6) is -1.85. The zero-order valence-corrected chi connectivity index (χ0v) is 11.3. The molecule has 0 aliphatic carbocycles. The van der Waals surface area contributed by atoms with Crippen LogP contribution in [0.25, 0.3) is 11.2 Å². The number of hydrogen-bond donors (Lipinski definition) is 0. The molecule has 2 aromatic heterocycles. The monoisotopic (exact) mass is 341 g/mol. The van der Waals surface area contributed by atoms with Gasteiger partial charge in [0.15, 0.2) is 11.3 Å². The van der Waals surface area contributed by atoms with Gasteiger partial charge in [-0.2, -0.15) is 26.3 Å². The summed E-state index contributed by atoms with van der Waals surface area (Å²) in [7, 11) is 0. The first-order valence-corrected chi connectivity index (χ1v) is 6.40. The molecule has 3 rings (SSSR count). The molecule has 23 heavy (non-hydrogen) atoms. The summed E-state index contributed by atoms with van der Waals surface area (Å²) in [5, 5.41) is 1.51. The van der Waals surface area contributed by atoms with Crippen molar-refractivity contribution in [1.82, 2.24) is 19.6 Å². The van der Waals surface area contributed by atoms with Crippen LogP contribution in [0.1, 0.15) is 11.5 Å². The fraction of sp³-hybridized carbons (Fsp3) is 0.545. The van der Waals surface area contributed by atoms with Gasteiger partial charge in [-0.25, -0.2) is 19.6 Å². The van der Waals surface area contributed by atoms with Gasteiger partial charge in [0.2, 0.25) is 5.82 Å². The van der Waals surface area contributed by atoms with Gasteiger partial charge in [0.1, 0.15) is 11.8 Å². The Balaban J connectivity index is 2.21. The number of aromatic nitrogens is 4. The predicted octanol–water partition coefficient (Wildman–Crippen LogP) is 1.83. The Labute approximate surface area is 124 Å². The maximum atomic E-state index is 13.0. The van der Waals surface area contributed by atoms with E-state index in [1.54, 1.807) is 0 Å². The maximum absolute atomic E-state index is 13.0. The van der Waals surface area contributed by atoms with Gasteiger partial charge in [0.25, 0.3) is 0 Å². The molecule has 0 bridgehead atoms. The van der Waals surface area contributed by atoms with Crippen LogP contribution in [0.3, 0.4) is 0 Å². The quantitative estimate of drug-likeness (QED) is 0.741. The molecule has 1 fully saturated rings. The zero-order valence-electron chi connectivity index (χ0n) is 11.3. The van der Waals surface area contributed by atoms with Crippen molar-refractivity contribution in [2.24, 2.45) is 0 Å². The van der Waals surface area contributed by atoms with E-state index in [0.717, 1.165) is 11.0 Å². The smallest absolute Gasteiger partial charge is 0.378 e. The fourth-order valence-electron chi connectivity index (χ4n) is 2.19. The van der Waals surface area contributed by atoms with Crippen LogP contribution in [-0.2, 0) is 17.1 Å². The lowest BCUT2D eigenvalue weighted by Crippen LogP contribution is -2.43. The number of imidazole rings is 1. The van der Waals surface area contributed by atoms with E-state index >= 15 is 0 Å². The minimum absolute atomic E-state index is 0.290. The zero-order chi connectivity index (χ0) is 16.8. The summed E-state index contributed by atoms with van der Waals surface area (Å²) in [6, 6.07) is 0. The Kier molecular flexibility index (Phi) is 3.58. The van der Waals surface area contributed by atoms with E-state index in [1.165, 1.54) is 5.01 Å². The molecule has 0 unspecified atom stereocenters. The first kappa shape index (κ1) is 15.8. The van der Waals surface area contributed by atoms with Crippen molar-refractivity contribution in [3.8, 4) is 0 Å². The highest BCUT2D eigenvalue weighted by Crippen LogP contribution is 2.35. The van der Waals surface area contributed by atoms with Crippen LogP contribution in [0.4, 0.5) is 26.3 Å². The molecule has 6 nitrogen and oxygen atoms in total. The van der Waals surface area contributed by atoms with Crippen LogP contribution in [0, 0.1) is 0 Å². The molecular formula is C11H9F6N5O. The molecular weight excluding hydrogens is 332 g/mol. The third-order valence-electron chi connectivity index (χ3n) is 3.19. The third kappa shape index (κ3) is 2.90. The third-order valence-corrected chi connectivity index (χ3v) is 3.19. The number of alkyl halides is 6. The van der Waals surface area contributed by atoms with E-state index in [0.29, 0.717) is 13.2 Å². The molecule has 12 heteroatoms. The topological polar surface area (TPSA) is 56.1 Å². The fourth-order valence-corrected chi connectivity index (χ4v) is 2.19. The molecule has 1 aliphatic rings. The van der Waals surface area contributed by atoms with Gasteiger partial charge in [-0.15, -0.1) is 0 Å². The summed E-state index contributed by atoms with van der Waals surface area (Å²) in [4.78, 5) is 9.41. The second-order valence-corrected chi connectivity index (χ2v) is 4.72. The summed E-state index contributed by atoms with van der Waals surface area (Å²) >= 11 is 0. The molecule has 126 valence electrons. The molecule has 1 aliphatic heterocycles. The highest BCUT2D eigenvalue weighted by Gasteiger charge is 2.42. The Morgan fingerprint density at radius 2 is 1.61 bits per heavy atom. The molecule has 2 aromatic rings. The van der Waals surface area contributed by atoms with Crippen LogP contribution < -0.4 is 5.01 Å². The number of ether oxygens (including phenoxy) is 1. The van der Waals surface area contributed by atoms with Crippen molar-refractivity contribution in [1.29, 1.82) is 0 Å². The van der Waals surface area contributed by atoms with Crippen molar-refractivity contribution in [2.75, 3.05) is 31.3 Å². The van der Waals surface area contributed by atoms with Gasteiger partial charge < -0.3 is 9.75 Å². The van der Waals surface area contributed by atoms with Crippen LogP contribution in [0.2, 0.25) is 0 Å². The Morgan fingerprint density at radius 1 is 0.957 bits per heavy atom. The Hall–Kier alpha value is -2.11. The number of nitrogens with zero attached hydrogens (tertiary/aromatic N) is 5. The van der Waals surface area contributed by atoms with Crippen molar-refractivity contribution in [2.45, 2.75) is 12.4 Å². The molecule has 0 atom stereocenters. The van der Waals surface area contributed by atoms with Gasteiger partial charge in [0.05, 0.1) is 26.3 Å². The van der Waals surface area contributed by atoms with Crippen molar-refractivity contribution in [3.05, 3.63) is 17.8 Å². The van der Waals surface area contributed by atoms with Gasteiger partial charge in [0, 0.05) is 0 Å². The minimum atomic E-state index is -5.10. The van der Waals surface area contributed by atoms with Gasteiger partial charge >= 0.3 is 12.4 Å². The van der Waals surface area contributed by atoms with E-state index in [4.69, 9.17) is 4.74 Å². The van der Waals surface area contributed by atoms with Crippen molar-refractivity contribution >= 4 is 11.2 Å². The predicted molar refractivity (Wildman–Crippen MR) is 64.1 cm³/mol. The van der Waals surface area contributed by atoms with Crippen LogP contribution >= 0.6 is 0 Å². The minimum Gasteiger partial charge on any atom is -0.378 e. The second kappa shape index (κ2) is 5.22. The van der Waals surface area contributed by atoms with Gasteiger partial charge in [-0.3, -0.25) is 0 Å². The number of rotatable bonds is 1. The second-order valence-electron chi connectivity index (χ2n) is 4.72. The molecule has 0 N–H and O–H groups in total. The van der Waals surface area contributed by atoms with Crippen molar-refractivity contribution in [3.63, 3.8) is 0 Å². The first-order valence-electron chi connectivity index (χ1n) is 6.40. The molecule has 0 radical (unpaired) electrons. The lowest BCUT2D eigenvalue weighted by molar-refractivity contribution is -0.151. The van der Waals surface area contributed by atoms with Gasteiger partial charge in [-0.05, 0) is 0 Å². The van der Waals surface area contributed by atoms with E-state index in [9.17, 15) is 26.3 Å². The Morgan fingerprint density at radius 3 is 2.17 bits per heavy atom. The molecule has 0 amide bonds. The summed E-state index contributed by atoms with van der Waals surface area (Å²) in [6.07, 6.45) is -9.18. The van der Waals surface area contributed by atoms with Crippen LogP contribution in [0.5, 0.6) is 0 Å². The average molecular weight is 341 g/mol. The van der Waals surface area contributed by atoms with E-state index in [2.05, 4.69) is 15.0 Å². The lowest BCUT2D eigenvalue weighted by atomic mass is 10.3. The number of hydrogen-bond acceptors (Lipinski definition) is 5. The average Bonchev–Trinajstić information content (AvgIpc) is 2.89. The normalized spacial score (nSPS) is 17.0. The van der Waals surface area contributed by atoms with E-state index in [1.807, 2.05) is 0 Å². The molecule has 0 saturated carbocycles. The van der Waals surface area contributed by atoms with Gasteiger partial charge in [-0.1, -0.05) is 0 Å². The molecule has 0 spiro atoms. The molecule has 3 heterocycles. The standard InChI is InChI=1S/C11H9F6N5O/c12-10(13,14)7-6-8(20-9(19-7)11(15,16)17)22(5-18-6)21-1-3-23-4-2-21/h5H,1-4H2. The Bertz CT molecular complexity index is 718. The first-order chi connectivity index (χ1) is 10.7. The van der Waals surface area contributed by atoms with E-state index in [-0.39, 0.29) is 13.1 Å². The van der Waals surface area contributed by atoms with Crippen LogP contribution in [0.15, 0.2) is 6.33 Å². The summed E-state index contributed by atoms with van der Waals surface area (Å²) in [6.45, 7) is 1.17. The summed E-state index contributed by atoms with van der Waals surface area (Å²) in [5.41, 5.74) is -2.97. The molecule has 1 saturated heterocycles. The van der Waals surface area contributed by atoms with Crippen LogP contribution in [-0.4, -0.2) is 45.9 Å². The summed E-state index contributed by atoms with van der Waals surface area (Å²) < 4.78 is 83.6. The number of morpholine rings is 1. The lowest BCUT2D eigenvalue weighted by Gasteiger charge is -2.29. The highest BCUT2D eigenvalue weighted by molar-refractivity contribution is 5.74. The molecule has 0 aromatic carbocycles. The number of halogens is 6. The SMILES string of the molecule is FC(F)(F)c1nc(C(F)(F)F)c2ncn(N3CCOCC3)c2n1. The highest BCUT2D eigenvalue weighted by atomic mass is 19.4. The number of fused-ring (bicyclic) bond motifs is 1. The maximum Gasteiger partial charge on any atom is 0.451 e.